The molecule has 0 aliphatic carbocycles. The first-order chi connectivity index (χ1) is 9.73. The van der Waals surface area contributed by atoms with E-state index in [1.54, 1.807) is 0 Å². The standard InChI is InChI=1S/C19H26B2/c1-10-14(5)20-15(6)11(2)18(10)9-19-12(3)16(7)21-17(8)13(19)4/h9H2,1-8H3. The molecule has 0 radical (unpaired) electrons. The number of aryl methyl sites for hydroxylation is 4. The average Bonchev–Trinajstić information content (AvgIpc) is 2.42. The molecule has 0 aliphatic rings. The third-order valence-corrected chi connectivity index (χ3v) is 5.40. The Morgan fingerprint density at radius 1 is 0.476 bits per heavy atom. The van der Waals surface area contributed by atoms with Crippen LogP contribution in [0.3, 0.4) is 0 Å². The molecular formula is C19H26B2. The Morgan fingerprint density at radius 2 is 0.714 bits per heavy atom. The fraction of sp³-hybridized carbons (Fsp3) is 0.474. The summed E-state index contributed by atoms with van der Waals surface area (Å²) in [5.41, 5.74) is 14.5. The predicted octanol–water partition coefficient (Wildman–Crippen LogP) is 4.42. The minimum atomic E-state index is 1.06. The maximum atomic E-state index is 2.31. The molecule has 0 aliphatic heterocycles. The molecule has 0 unspecified atom stereocenters. The first kappa shape index (κ1) is 16.2. The van der Waals surface area contributed by atoms with Crippen molar-refractivity contribution in [3.8, 4) is 0 Å². The predicted molar refractivity (Wildman–Crippen MR) is 96.3 cm³/mol. The molecule has 0 saturated carbocycles. The van der Waals surface area contributed by atoms with Crippen LogP contribution in [0.5, 0.6) is 0 Å². The van der Waals surface area contributed by atoms with Gasteiger partial charge in [-0.25, -0.2) is 0 Å². The third-order valence-electron chi connectivity index (χ3n) is 5.40. The molecule has 108 valence electrons. The van der Waals surface area contributed by atoms with Crippen LogP contribution in [0.2, 0.25) is 0 Å². The minimum absolute atomic E-state index is 1.06. The van der Waals surface area contributed by atoms with E-state index >= 15 is 0 Å². The van der Waals surface area contributed by atoms with Gasteiger partial charge in [0, 0.05) is 0 Å². The number of hydrogen-bond acceptors (Lipinski definition) is 0. The van der Waals surface area contributed by atoms with Gasteiger partial charge in [-0.15, -0.1) is 0 Å². The fourth-order valence-electron chi connectivity index (χ4n) is 3.30. The van der Waals surface area contributed by atoms with E-state index in [9.17, 15) is 0 Å². The summed E-state index contributed by atoms with van der Waals surface area (Å²) in [4.78, 5) is 0. The molecule has 0 saturated heterocycles. The summed E-state index contributed by atoms with van der Waals surface area (Å²) in [7, 11) is 0. The quantitative estimate of drug-likeness (QED) is 0.761. The van der Waals surface area contributed by atoms with Gasteiger partial charge >= 0.3 is 131 Å². The molecule has 0 fully saturated rings. The van der Waals surface area contributed by atoms with Crippen LogP contribution >= 0.6 is 0 Å². The molecule has 0 N–H and O–H groups in total. The van der Waals surface area contributed by atoms with E-state index in [-0.39, 0.29) is 0 Å². The van der Waals surface area contributed by atoms with Gasteiger partial charge in [0.1, 0.15) is 0 Å². The fourth-order valence-corrected chi connectivity index (χ4v) is 3.30. The molecule has 2 rings (SSSR count). The van der Waals surface area contributed by atoms with Crippen LogP contribution in [0.15, 0.2) is 0 Å². The van der Waals surface area contributed by atoms with Crippen molar-refractivity contribution >= 4 is 13.8 Å². The van der Waals surface area contributed by atoms with Gasteiger partial charge in [-0.1, -0.05) is 0 Å². The van der Waals surface area contributed by atoms with Crippen molar-refractivity contribution in [2.75, 3.05) is 0 Å². The molecule has 2 aromatic rings. The van der Waals surface area contributed by atoms with E-state index in [2.05, 4.69) is 69.2 Å². The van der Waals surface area contributed by atoms with Crippen molar-refractivity contribution in [2.24, 2.45) is 0 Å². The molecule has 21 heavy (non-hydrogen) atoms. The van der Waals surface area contributed by atoms with Gasteiger partial charge in [-0.3, -0.25) is 0 Å². The van der Waals surface area contributed by atoms with Gasteiger partial charge < -0.3 is 0 Å². The molecule has 0 aromatic carbocycles. The Bertz CT molecular complexity index is 598. The number of rotatable bonds is 2. The first-order valence-corrected chi connectivity index (χ1v) is 7.86. The molecule has 0 bridgehead atoms. The molecule has 0 amide bonds. The van der Waals surface area contributed by atoms with Crippen molar-refractivity contribution in [3.05, 3.63) is 55.2 Å². The summed E-state index contributed by atoms with van der Waals surface area (Å²) < 4.78 is 0. The molecule has 2 heterocycles. The summed E-state index contributed by atoms with van der Waals surface area (Å²) in [5.74, 6) is 0. The van der Waals surface area contributed by atoms with E-state index in [0.717, 1.165) is 6.42 Å². The van der Waals surface area contributed by atoms with Crippen LogP contribution in [0.1, 0.15) is 55.2 Å². The summed E-state index contributed by atoms with van der Waals surface area (Å²) >= 11 is 0. The Hall–Kier alpha value is -1.17. The van der Waals surface area contributed by atoms with Crippen LogP contribution in [0.4, 0.5) is 0 Å². The summed E-state index contributed by atoms with van der Waals surface area (Å²) in [6.07, 6.45) is 1.06. The zero-order valence-corrected chi connectivity index (χ0v) is 14.9. The zero-order valence-electron chi connectivity index (χ0n) is 14.9. The van der Waals surface area contributed by atoms with Crippen molar-refractivity contribution in [2.45, 2.75) is 61.8 Å². The molecule has 0 spiro atoms. The molecule has 0 atom stereocenters. The van der Waals surface area contributed by atoms with Gasteiger partial charge in [0.05, 0.1) is 0 Å². The zero-order chi connectivity index (χ0) is 15.9. The van der Waals surface area contributed by atoms with Crippen molar-refractivity contribution < 1.29 is 0 Å². The Morgan fingerprint density at radius 3 is 0.952 bits per heavy atom. The van der Waals surface area contributed by atoms with E-state index in [4.69, 9.17) is 0 Å². The molecule has 0 nitrogen and oxygen atoms in total. The number of hydrogen-bond donors (Lipinski definition) is 0. The van der Waals surface area contributed by atoms with E-state index < -0.39 is 0 Å². The van der Waals surface area contributed by atoms with Crippen LogP contribution < -0.4 is 0 Å². The third kappa shape index (κ3) is 2.91. The van der Waals surface area contributed by atoms with Gasteiger partial charge in [0.15, 0.2) is 0 Å². The topological polar surface area (TPSA) is 0 Å². The van der Waals surface area contributed by atoms with Crippen LogP contribution in [0.25, 0.3) is 0 Å². The SMILES string of the molecule is Cc1bc(C)c(C)c(Cc2c(C)c(C)bc(C)c2C)c1C. The Balaban J connectivity index is 2.64. The van der Waals surface area contributed by atoms with E-state index in [0.29, 0.717) is 0 Å². The summed E-state index contributed by atoms with van der Waals surface area (Å²) in [6.45, 7) is 22.6. The molecular weight excluding hydrogens is 250 g/mol. The van der Waals surface area contributed by atoms with Crippen LogP contribution in [-0.2, 0) is 6.42 Å². The monoisotopic (exact) mass is 276 g/mol. The van der Waals surface area contributed by atoms with Gasteiger partial charge in [-0.2, -0.15) is 0 Å². The van der Waals surface area contributed by atoms with Crippen LogP contribution in [-0.4, -0.2) is 13.8 Å². The van der Waals surface area contributed by atoms with Crippen molar-refractivity contribution in [1.82, 2.24) is 0 Å². The summed E-state index contributed by atoms with van der Waals surface area (Å²) in [6, 6.07) is 0. The first-order valence-electron chi connectivity index (χ1n) is 7.86. The normalized spacial score (nSPS) is 10.7. The van der Waals surface area contributed by atoms with Crippen LogP contribution in [0, 0.1) is 55.4 Å². The maximum absolute atomic E-state index is 2.31. The van der Waals surface area contributed by atoms with E-state index in [1.165, 1.54) is 55.2 Å². The summed E-state index contributed by atoms with van der Waals surface area (Å²) in [5, 5.41) is 0. The second-order valence-electron chi connectivity index (χ2n) is 6.65. The van der Waals surface area contributed by atoms with Gasteiger partial charge in [-0.05, 0) is 0 Å². The van der Waals surface area contributed by atoms with E-state index in [1.807, 2.05) is 0 Å². The van der Waals surface area contributed by atoms with Gasteiger partial charge in [0.25, 0.3) is 0 Å². The molecule has 2 heteroatoms. The second-order valence-corrected chi connectivity index (χ2v) is 6.65. The van der Waals surface area contributed by atoms with Gasteiger partial charge in [0.2, 0.25) is 0 Å². The molecule has 2 aromatic heterocycles. The van der Waals surface area contributed by atoms with Crippen molar-refractivity contribution in [3.63, 3.8) is 0 Å². The second kappa shape index (κ2) is 5.91. The average molecular weight is 276 g/mol. The Labute approximate surface area is 131 Å². The van der Waals surface area contributed by atoms with Crippen molar-refractivity contribution in [1.29, 1.82) is 0 Å². The Kier molecular flexibility index (Phi) is 4.56.